The number of hydrogen-bond acceptors (Lipinski definition) is 8. The quantitative estimate of drug-likeness (QED) is 0.428. The largest absolute Gasteiger partial charge is 0.493 e. The summed E-state index contributed by atoms with van der Waals surface area (Å²) in [5.74, 6) is 1.23. The van der Waals surface area contributed by atoms with Crippen LogP contribution in [0.4, 0.5) is 0 Å². The number of methoxy groups -OCH3 is 2. The highest BCUT2D eigenvalue weighted by molar-refractivity contribution is 5.89. The molecule has 1 aromatic carbocycles. The first-order valence-electron chi connectivity index (χ1n) is 11.3. The van der Waals surface area contributed by atoms with E-state index in [-0.39, 0.29) is 17.9 Å². The van der Waals surface area contributed by atoms with Gasteiger partial charge in [-0.1, -0.05) is 6.07 Å². The molecule has 3 aromatic heterocycles. The topological polar surface area (TPSA) is 96.0 Å². The summed E-state index contributed by atoms with van der Waals surface area (Å²) in [4.78, 5) is 24.7. The zero-order valence-electron chi connectivity index (χ0n) is 19.8. The number of rotatable bonds is 6. The molecule has 1 fully saturated rings. The minimum Gasteiger partial charge on any atom is -0.493 e. The summed E-state index contributed by atoms with van der Waals surface area (Å²) < 4.78 is 19.5. The van der Waals surface area contributed by atoms with Crippen molar-refractivity contribution >= 4 is 16.7 Å². The Kier molecular flexibility index (Phi) is 5.93. The van der Waals surface area contributed by atoms with Gasteiger partial charge in [-0.05, 0) is 43.2 Å². The number of pyridine rings is 1. The first-order valence-corrected chi connectivity index (χ1v) is 11.3. The molecule has 4 aromatic rings. The maximum Gasteiger partial charge on any atom is 0.352 e. The van der Waals surface area contributed by atoms with Gasteiger partial charge in [-0.15, -0.1) is 0 Å². The van der Waals surface area contributed by atoms with Crippen molar-refractivity contribution in [3.8, 4) is 11.5 Å². The van der Waals surface area contributed by atoms with Gasteiger partial charge in [0.2, 0.25) is 0 Å². The average molecular weight is 465 g/mol. The molecule has 10 nitrogen and oxygen atoms in total. The van der Waals surface area contributed by atoms with Crippen LogP contribution in [0.25, 0.3) is 16.7 Å². The average Bonchev–Trinajstić information content (AvgIpc) is 3.31. The van der Waals surface area contributed by atoms with Crippen LogP contribution in [0.1, 0.15) is 25.0 Å². The lowest BCUT2D eigenvalue weighted by molar-refractivity contribution is -0.0705. The van der Waals surface area contributed by atoms with E-state index in [9.17, 15) is 4.79 Å². The Morgan fingerprint density at radius 1 is 0.971 bits per heavy atom. The van der Waals surface area contributed by atoms with Crippen molar-refractivity contribution in [2.75, 3.05) is 27.3 Å². The SMILES string of the molecule is COc1ccc(Cn2c(=O)n3ncnc3c3cc(CN4C[C@@H](C)O[C@@H](C)C4)cnc32)cc1OC. The molecule has 1 aliphatic rings. The summed E-state index contributed by atoms with van der Waals surface area (Å²) in [7, 11) is 3.18. The smallest absolute Gasteiger partial charge is 0.352 e. The van der Waals surface area contributed by atoms with Gasteiger partial charge in [-0.3, -0.25) is 9.47 Å². The van der Waals surface area contributed by atoms with Gasteiger partial charge in [0, 0.05) is 25.8 Å². The van der Waals surface area contributed by atoms with Crippen molar-refractivity contribution in [1.82, 2.24) is 29.0 Å². The van der Waals surface area contributed by atoms with Crippen molar-refractivity contribution in [3.05, 3.63) is 58.4 Å². The van der Waals surface area contributed by atoms with Crippen molar-refractivity contribution in [3.63, 3.8) is 0 Å². The van der Waals surface area contributed by atoms with E-state index in [0.29, 0.717) is 29.3 Å². The molecule has 1 saturated heterocycles. The molecule has 34 heavy (non-hydrogen) atoms. The summed E-state index contributed by atoms with van der Waals surface area (Å²) in [6.45, 7) is 6.96. The summed E-state index contributed by atoms with van der Waals surface area (Å²) in [6, 6.07) is 7.64. The maximum atomic E-state index is 13.3. The van der Waals surface area contributed by atoms with Crippen molar-refractivity contribution in [2.45, 2.75) is 39.1 Å². The van der Waals surface area contributed by atoms with E-state index in [2.05, 4.69) is 34.9 Å². The van der Waals surface area contributed by atoms with E-state index >= 15 is 0 Å². The van der Waals surface area contributed by atoms with Gasteiger partial charge >= 0.3 is 5.69 Å². The van der Waals surface area contributed by atoms with Crippen LogP contribution in [0.15, 0.2) is 41.6 Å². The van der Waals surface area contributed by atoms with E-state index in [1.165, 1.54) is 10.8 Å². The van der Waals surface area contributed by atoms with Crippen LogP contribution < -0.4 is 15.2 Å². The van der Waals surface area contributed by atoms with Crippen molar-refractivity contribution < 1.29 is 14.2 Å². The third kappa shape index (κ3) is 4.10. The molecule has 1 aliphatic heterocycles. The number of fused-ring (bicyclic) bond motifs is 3. The minimum atomic E-state index is -0.300. The zero-order chi connectivity index (χ0) is 23.8. The number of morpholine rings is 1. The van der Waals surface area contributed by atoms with Crippen LogP contribution in [0.2, 0.25) is 0 Å². The van der Waals surface area contributed by atoms with E-state index in [1.807, 2.05) is 24.4 Å². The highest BCUT2D eigenvalue weighted by Crippen LogP contribution is 2.28. The van der Waals surface area contributed by atoms with Gasteiger partial charge in [0.05, 0.1) is 38.4 Å². The lowest BCUT2D eigenvalue weighted by Crippen LogP contribution is -2.44. The maximum absolute atomic E-state index is 13.3. The molecule has 0 saturated carbocycles. The summed E-state index contributed by atoms with van der Waals surface area (Å²) in [5, 5.41) is 4.95. The van der Waals surface area contributed by atoms with E-state index in [1.54, 1.807) is 18.8 Å². The predicted octanol–water partition coefficient (Wildman–Crippen LogP) is 2.11. The molecule has 0 unspecified atom stereocenters. The lowest BCUT2D eigenvalue weighted by Gasteiger charge is -2.35. The van der Waals surface area contributed by atoms with Crippen LogP contribution in [0.5, 0.6) is 11.5 Å². The third-order valence-electron chi connectivity index (χ3n) is 6.07. The minimum absolute atomic E-state index is 0.187. The molecule has 0 aliphatic carbocycles. The molecule has 5 rings (SSSR count). The number of ether oxygens (including phenoxy) is 3. The molecule has 0 N–H and O–H groups in total. The number of benzene rings is 1. The highest BCUT2D eigenvalue weighted by atomic mass is 16.5. The molecule has 10 heteroatoms. The monoisotopic (exact) mass is 464 g/mol. The second kappa shape index (κ2) is 9.03. The van der Waals surface area contributed by atoms with Crippen LogP contribution in [-0.2, 0) is 17.8 Å². The Hall–Kier alpha value is -3.50. The molecule has 178 valence electrons. The number of aromatic nitrogens is 5. The van der Waals surface area contributed by atoms with Gasteiger partial charge in [0.25, 0.3) is 0 Å². The first kappa shape index (κ1) is 22.3. The van der Waals surface area contributed by atoms with E-state index in [4.69, 9.17) is 19.2 Å². The predicted molar refractivity (Wildman–Crippen MR) is 126 cm³/mol. The summed E-state index contributed by atoms with van der Waals surface area (Å²) >= 11 is 0. The summed E-state index contributed by atoms with van der Waals surface area (Å²) in [6.07, 6.45) is 3.61. The third-order valence-corrected chi connectivity index (χ3v) is 6.07. The van der Waals surface area contributed by atoms with Gasteiger partial charge < -0.3 is 14.2 Å². The Morgan fingerprint density at radius 3 is 2.47 bits per heavy atom. The fraction of sp³-hybridized carbons (Fsp3) is 0.417. The van der Waals surface area contributed by atoms with E-state index < -0.39 is 0 Å². The van der Waals surface area contributed by atoms with Crippen molar-refractivity contribution in [2.24, 2.45) is 0 Å². The Labute approximate surface area is 196 Å². The first-order chi connectivity index (χ1) is 16.5. The zero-order valence-corrected chi connectivity index (χ0v) is 19.8. The number of nitrogens with zero attached hydrogens (tertiary/aromatic N) is 6. The second-order valence-corrected chi connectivity index (χ2v) is 8.72. The standard InChI is InChI=1S/C24H28N6O4/c1-15-10-28(11-16(2)34-15)12-18-7-19-22(25-9-18)29(24(31)30-23(19)26-14-27-30)13-17-5-6-20(32-3)21(8-17)33-4/h5-9,14-16H,10-13H2,1-4H3/t15-,16+. The molecule has 0 amide bonds. The van der Waals surface area contributed by atoms with Gasteiger partial charge in [-0.25, -0.2) is 14.8 Å². The molecule has 2 atom stereocenters. The van der Waals surface area contributed by atoms with Gasteiger partial charge in [0.15, 0.2) is 17.1 Å². The van der Waals surface area contributed by atoms with Crippen molar-refractivity contribution in [1.29, 1.82) is 0 Å². The van der Waals surface area contributed by atoms with E-state index in [0.717, 1.165) is 36.1 Å². The molecular formula is C24H28N6O4. The highest BCUT2D eigenvalue weighted by Gasteiger charge is 2.23. The molecular weight excluding hydrogens is 436 g/mol. The molecule has 0 spiro atoms. The van der Waals surface area contributed by atoms with Crippen LogP contribution in [-0.4, -0.2) is 68.6 Å². The molecule has 4 heterocycles. The Balaban J connectivity index is 1.56. The summed E-state index contributed by atoms with van der Waals surface area (Å²) in [5.41, 5.74) is 2.69. The van der Waals surface area contributed by atoms with Gasteiger partial charge in [-0.2, -0.15) is 9.61 Å². The normalized spacial score (nSPS) is 19.1. The second-order valence-electron chi connectivity index (χ2n) is 8.72. The van der Waals surface area contributed by atoms with Crippen LogP contribution >= 0.6 is 0 Å². The van der Waals surface area contributed by atoms with Crippen LogP contribution in [0, 0.1) is 0 Å². The Bertz CT molecular complexity index is 1390. The molecule has 0 bridgehead atoms. The fourth-order valence-electron chi connectivity index (χ4n) is 4.71. The fourth-order valence-corrected chi connectivity index (χ4v) is 4.71. The Morgan fingerprint density at radius 2 is 1.74 bits per heavy atom. The number of hydrogen-bond donors (Lipinski definition) is 0. The lowest BCUT2D eigenvalue weighted by atomic mass is 10.1. The van der Waals surface area contributed by atoms with Crippen LogP contribution in [0.3, 0.4) is 0 Å². The molecule has 0 radical (unpaired) electrons. The van der Waals surface area contributed by atoms with Gasteiger partial charge in [0.1, 0.15) is 12.0 Å².